The Hall–Kier alpha value is -2.06. The normalized spacial score (nSPS) is 11.5. The smallest absolute Gasteiger partial charge is 0.417 e. The van der Waals surface area contributed by atoms with Crippen molar-refractivity contribution in [2.24, 2.45) is 0 Å². The number of halogens is 3. The SMILES string of the molecule is COc1ccc(-c2nc(CSc3ccc(C(F)(F)F)cn3)cs2)cc1. The molecule has 0 N–H and O–H groups in total. The van der Waals surface area contributed by atoms with Crippen molar-refractivity contribution >= 4 is 23.1 Å². The Morgan fingerprint density at radius 2 is 1.88 bits per heavy atom. The van der Waals surface area contributed by atoms with E-state index in [-0.39, 0.29) is 0 Å². The highest BCUT2D eigenvalue weighted by Gasteiger charge is 2.30. The van der Waals surface area contributed by atoms with Gasteiger partial charge in [0.1, 0.15) is 10.8 Å². The van der Waals surface area contributed by atoms with Crippen LogP contribution in [0, 0.1) is 0 Å². The molecule has 0 aliphatic rings. The molecule has 3 nitrogen and oxygen atoms in total. The molecule has 0 unspecified atom stereocenters. The summed E-state index contributed by atoms with van der Waals surface area (Å²) < 4.78 is 42.7. The molecule has 3 aromatic rings. The number of rotatable bonds is 5. The first-order valence-corrected chi connectivity index (χ1v) is 9.07. The van der Waals surface area contributed by atoms with Crippen molar-refractivity contribution in [1.82, 2.24) is 9.97 Å². The minimum atomic E-state index is -4.36. The topological polar surface area (TPSA) is 35.0 Å². The van der Waals surface area contributed by atoms with Crippen molar-refractivity contribution < 1.29 is 17.9 Å². The maximum Gasteiger partial charge on any atom is 0.417 e. The van der Waals surface area contributed by atoms with Crippen molar-refractivity contribution in [3.8, 4) is 16.3 Å². The number of ether oxygens (including phenoxy) is 1. The second-order valence-electron chi connectivity index (χ2n) is 5.04. The Labute approximate surface area is 150 Å². The van der Waals surface area contributed by atoms with Gasteiger partial charge in [0.15, 0.2) is 0 Å². The summed E-state index contributed by atoms with van der Waals surface area (Å²) in [4.78, 5) is 8.41. The summed E-state index contributed by atoms with van der Waals surface area (Å²) in [7, 11) is 1.61. The number of methoxy groups -OCH3 is 1. The molecule has 0 saturated heterocycles. The molecule has 2 heterocycles. The quantitative estimate of drug-likeness (QED) is 0.544. The number of thiazole rings is 1. The van der Waals surface area contributed by atoms with E-state index in [1.165, 1.54) is 29.2 Å². The van der Waals surface area contributed by atoms with Gasteiger partial charge >= 0.3 is 6.18 Å². The number of alkyl halides is 3. The molecule has 3 rings (SSSR count). The van der Waals surface area contributed by atoms with E-state index < -0.39 is 11.7 Å². The predicted octanol–water partition coefficient (Wildman–Crippen LogP) is 5.52. The van der Waals surface area contributed by atoms with Crippen molar-refractivity contribution in [2.75, 3.05) is 7.11 Å². The molecule has 25 heavy (non-hydrogen) atoms. The number of thioether (sulfide) groups is 1. The summed E-state index contributed by atoms with van der Waals surface area (Å²) in [6.07, 6.45) is -3.51. The van der Waals surface area contributed by atoms with E-state index in [2.05, 4.69) is 9.97 Å². The highest BCUT2D eigenvalue weighted by Crippen LogP contribution is 2.31. The second-order valence-corrected chi connectivity index (χ2v) is 6.90. The van der Waals surface area contributed by atoms with E-state index in [9.17, 15) is 13.2 Å². The lowest BCUT2D eigenvalue weighted by molar-refractivity contribution is -0.137. The first-order chi connectivity index (χ1) is 12.0. The largest absolute Gasteiger partial charge is 0.497 e. The Kier molecular flexibility index (Phi) is 5.29. The van der Waals surface area contributed by atoms with Gasteiger partial charge in [0.2, 0.25) is 0 Å². The van der Waals surface area contributed by atoms with Crippen LogP contribution in [0.2, 0.25) is 0 Å². The molecule has 0 bridgehead atoms. The van der Waals surface area contributed by atoms with E-state index in [1.54, 1.807) is 7.11 Å². The summed E-state index contributed by atoms with van der Waals surface area (Å²) in [6.45, 7) is 0. The fraction of sp³-hybridized carbons (Fsp3) is 0.176. The maximum atomic E-state index is 12.5. The number of pyridine rings is 1. The van der Waals surface area contributed by atoms with Crippen LogP contribution in [0.4, 0.5) is 13.2 Å². The molecule has 0 saturated carbocycles. The van der Waals surface area contributed by atoms with Crippen LogP contribution in [-0.4, -0.2) is 17.1 Å². The van der Waals surface area contributed by atoms with Crippen LogP contribution in [-0.2, 0) is 11.9 Å². The Morgan fingerprint density at radius 1 is 1.12 bits per heavy atom. The van der Waals surface area contributed by atoms with Crippen molar-refractivity contribution in [3.63, 3.8) is 0 Å². The highest BCUT2D eigenvalue weighted by molar-refractivity contribution is 7.98. The van der Waals surface area contributed by atoms with Crippen LogP contribution in [0.25, 0.3) is 10.6 Å². The molecule has 0 spiro atoms. The zero-order valence-electron chi connectivity index (χ0n) is 13.1. The second kappa shape index (κ2) is 7.45. The van der Waals surface area contributed by atoms with Crippen LogP contribution in [0.3, 0.4) is 0 Å². The minimum absolute atomic E-state index is 0.534. The summed E-state index contributed by atoms with van der Waals surface area (Å²) >= 11 is 2.88. The minimum Gasteiger partial charge on any atom is -0.497 e. The van der Waals surface area contributed by atoms with E-state index in [0.717, 1.165) is 34.3 Å². The van der Waals surface area contributed by atoms with Gasteiger partial charge in [-0.15, -0.1) is 23.1 Å². The third kappa shape index (κ3) is 4.52. The van der Waals surface area contributed by atoms with Gasteiger partial charge < -0.3 is 4.74 Å². The average Bonchev–Trinajstić information content (AvgIpc) is 3.09. The average molecular weight is 382 g/mol. The molecule has 1 aromatic carbocycles. The predicted molar refractivity (Wildman–Crippen MR) is 92.9 cm³/mol. The van der Waals surface area contributed by atoms with E-state index in [0.29, 0.717) is 10.8 Å². The summed E-state index contributed by atoms with van der Waals surface area (Å²) in [6, 6.07) is 10.0. The van der Waals surface area contributed by atoms with Crippen molar-refractivity contribution in [1.29, 1.82) is 0 Å². The zero-order chi connectivity index (χ0) is 17.9. The van der Waals surface area contributed by atoms with E-state index in [1.807, 2.05) is 29.6 Å². The van der Waals surface area contributed by atoms with Crippen molar-refractivity contribution in [3.05, 3.63) is 59.2 Å². The molecule has 0 amide bonds. The molecule has 0 aliphatic heterocycles. The number of hydrogen-bond acceptors (Lipinski definition) is 5. The third-order valence-corrected chi connectivity index (χ3v) is 5.24. The molecule has 0 aliphatic carbocycles. The third-order valence-electron chi connectivity index (χ3n) is 3.32. The number of benzene rings is 1. The van der Waals surface area contributed by atoms with Gasteiger partial charge in [-0.2, -0.15) is 13.2 Å². The summed E-state index contributed by atoms with van der Waals surface area (Å²) in [5.74, 6) is 1.33. The lowest BCUT2D eigenvalue weighted by Crippen LogP contribution is -2.05. The van der Waals surface area contributed by atoms with Crippen molar-refractivity contribution in [2.45, 2.75) is 17.0 Å². The summed E-state index contributed by atoms with van der Waals surface area (Å²) in [5.41, 5.74) is 1.12. The molecular weight excluding hydrogens is 369 g/mol. The standard InChI is InChI=1S/C17H13F3N2OS2/c1-23-14-5-2-11(3-6-14)16-22-13(10-25-16)9-24-15-7-4-12(8-21-15)17(18,19)20/h2-8,10H,9H2,1H3. The monoisotopic (exact) mass is 382 g/mol. The molecule has 0 atom stereocenters. The first-order valence-electron chi connectivity index (χ1n) is 7.20. The molecule has 0 radical (unpaired) electrons. The molecule has 0 fully saturated rings. The Balaban J connectivity index is 1.63. The van der Waals surface area contributed by atoms with Gasteiger partial charge in [-0.3, -0.25) is 0 Å². The number of aromatic nitrogens is 2. The fourth-order valence-electron chi connectivity index (χ4n) is 2.02. The first kappa shape index (κ1) is 17.8. The molecule has 8 heteroatoms. The lowest BCUT2D eigenvalue weighted by Gasteiger charge is -2.06. The number of hydrogen-bond donors (Lipinski definition) is 0. The van der Waals surface area contributed by atoms with Gasteiger partial charge in [-0.05, 0) is 36.4 Å². The van der Waals surface area contributed by atoms with Crippen LogP contribution < -0.4 is 4.74 Å². The van der Waals surface area contributed by atoms with E-state index >= 15 is 0 Å². The highest BCUT2D eigenvalue weighted by atomic mass is 32.2. The maximum absolute atomic E-state index is 12.5. The molecule has 130 valence electrons. The van der Waals surface area contributed by atoms with Gasteiger partial charge in [-0.25, -0.2) is 9.97 Å². The molecular formula is C17H13F3N2OS2. The van der Waals surface area contributed by atoms with Gasteiger partial charge in [0, 0.05) is 22.9 Å². The number of nitrogens with zero attached hydrogens (tertiary/aromatic N) is 2. The van der Waals surface area contributed by atoms with Crippen LogP contribution >= 0.6 is 23.1 Å². The van der Waals surface area contributed by atoms with Gasteiger partial charge in [0.25, 0.3) is 0 Å². The van der Waals surface area contributed by atoms with Gasteiger partial charge in [-0.1, -0.05) is 0 Å². The van der Waals surface area contributed by atoms with Crippen LogP contribution in [0.15, 0.2) is 53.0 Å². The van der Waals surface area contributed by atoms with Gasteiger partial charge in [0.05, 0.1) is 23.4 Å². The van der Waals surface area contributed by atoms with Crippen LogP contribution in [0.1, 0.15) is 11.3 Å². The Bertz CT molecular complexity index is 830. The van der Waals surface area contributed by atoms with E-state index in [4.69, 9.17) is 4.74 Å². The summed E-state index contributed by atoms with van der Waals surface area (Å²) in [5, 5.41) is 3.36. The lowest BCUT2D eigenvalue weighted by atomic mass is 10.2. The molecule has 2 aromatic heterocycles. The Morgan fingerprint density at radius 3 is 2.48 bits per heavy atom. The zero-order valence-corrected chi connectivity index (χ0v) is 14.7. The van der Waals surface area contributed by atoms with Crippen LogP contribution in [0.5, 0.6) is 5.75 Å². The fourth-order valence-corrected chi connectivity index (χ4v) is 3.69.